The van der Waals surface area contributed by atoms with Crippen LogP contribution in [-0.4, -0.2) is 30.7 Å². The topological polar surface area (TPSA) is 58.6 Å². The second-order valence-electron chi connectivity index (χ2n) is 9.81. The number of carbonyl (C=O) groups is 2. The summed E-state index contributed by atoms with van der Waals surface area (Å²) in [5.41, 5.74) is 1.66. The van der Waals surface area contributed by atoms with Gasteiger partial charge in [-0.3, -0.25) is 4.79 Å². The van der Waals surface area contributed by atoms with E-state index < -0.39 is 5.60 Å². The standard InChI is InChI=1S/C27H35BrN2O3/c1-27(2,3)33-26(32)29-19-21-12-14-22(15-13-21)25(31)30(24-11-7-10-23(28)18-24)17-16-20-8-5-4-6-9-20/h4-11,18,21-22H,12-17,19H2,1-3H3,(H,29,32). The number of alkyl carbamates (subject to hydrolysis) is 1. The summed E-state index contributed by atoms with van der Waals surface area (Å²) in [6, 6.07) is 18.3. The number of ether oxygens (including phenoxy) is 1. The lowest BCUT2D eigenvalue weighted by Gasteiger charge is -2.32. The molecule has 2 aromatic rings. The van der Waals surface area contributed by atoms with Crippen molar-refractivity contribution in [2.75, 3.05) is 18.0 Å². The second kappa shape index (κ2) is 11.7. The summed E-state index contributed by atoms with van der Waals surface area (Å²) in [7, 11) is 0. The van der Waals surface area contributed by atoms with Gasteiger partial charge in [-0.05, 0) is 82.6 Å². The van der Waals surface area contributed by atoms with Crippen molar-refractivity contribution in [1.29, 1.82) is 0 Å². The van der Waals surface area contributed by atoms with Gasteiger partial charge in [0.2, 0.25) is 5.91 Å². The lowest BCUT2D eigenvalue weighted by atomic mass is 9.81. The molecule has 1 aliphatic rings. The summed E-state index contributed by atoms with van der Waals surface area (Å²) < 4.78 is 6.29. The molecule has 0 unspecified atom stereocenters. The molecule has 0 aliphatic heterocycles. The van der Waals surface area contributed by atoms with E-state index in [1.807, 2.05) is 68.1 Å². The van der Waals surface area contributed by atoms with Gasteiger partial charge < -0.3 is 15.0 Å². The number of halogens is 1. The van der Waals surface area contributed by atoms with Gasteiger partial charge in [0.05, 0.1) is 0 Å². The predicted octanol–water partition coefficient (Wildman–Crippen LogP) is 6.36. The predicted molar refractivity (Wildman–Crippen MR) is 136 cm³/mol. The maximum atomic E-state index is 13.6. The van der Waals surface area contributed by atoms with Crippen LogP contribution in [0.4, 0.5) is 10.5 Å². The van der Waals surface area contributed by atoms with Crippen LogP contribution >= 0.6 is 15.9 Å². The third-order valence-corrected chi connectivity index (χ3v) is 6.48. The summed E-state index contributed by atoms with van der Waals surface area (Å²) in [4.78, 5) is 27.5. The zero-order valence-electron chi connectivity index (χ0n) is 19.9. The van der Waals surface area contributed by atoms with E-state index in [0.29, 0.717) is 19.0 Å². The molecule has 1 saturated carbocycles. The van der Waals surface area contributed by atoms with Crippen LogP contribution in [0, 0.1) is 11.8 Å². The number of nitrogens with one attached hydrogen (secondary N) is 1. The van der Waals surface area contributed by atoms with Crippen LogP contribution in [-0.2, 0) is 16.0 Å². The first kappa shape index (κ1) is 25.3. The zero-order valence-corrected chi connectivity index (χ0v) is 21.4. The SMILES string of the molecule is CC(C)(C)OC(=O)NCC1CCC(C(=O)N(CCc2ccccc2)c2cccc(Br)c2)CC1. The first-order chi connectivity index (χ1) is 15.7. The van der Waals surface area contributed by atoms with Gasteiger partial charge in [-0.15, -0.1) is 0 Å². The molecule has 0 bridgehead atoms. The highest BCUT2D eigenvalue weighted by atomic mass is 79.9. The van der Waals surface area contributed by atoms with Gasteiger partial charge in [-0.25, -0.2) is 4.79 Å². The molecule has 0 aromatic heterocycles. The van der Waals surface area contributed by atoms with Crippen LogP contribution in [0.2, 0.25) is 0 Å². The molecule has 178 valence electrons. The van der Waals surface area contributed by atoms with E-state index in [1.54, 1.807) is 0 Å². The highest BCUT2D eigenvalue weighted by molar-refractivity contribution is 9.10. The number of rotatable bonds is 7. The summed E-state index contributed by atoms with van der Waals surface area (Å²) >= 11 is 3.54. The maximum absolute atomic E-state index is 13.6. The third kappa shape index (κ3) is 8.18. The van der Waals surface area contributed by atoms with Crippen molar-refractivity contribution < 1.29 is 14.3 Å². The second-order valence-corrected chi connectivity index (χ2v) is 10.7. The molecule has 0 saturated heterocycles. The van der Waals surface area contributed by atoms with Gasteiger partial charge in [0.15, 0.2) is 0 Å². The van der Waals surface area contributed by atoms with E-state index >= 15 is 0 Å². The minimum Gasteiger partial charge on any atom is -0.444 e. The summed E-state index contributed by atoms with van der Waals surface area (Å²) in [6.45, 7) is 6.83. The van der Waals surface area contributed by atoms with Gasteiger partial charge in [-0.1, -0.05) is 52.3 Å². The fourth-order valence-corrected chi connectivity index (χ4v) is 4.66. The Morgan fingerprint density at radius 1 is 1.03 bits per heavy atom. The highest BCUT2D eigenvalue weighted by Gasteiger charge is 2.30. The summed E-state index contributed by atoms with van der Waals surface area (Å²) in [6.07, 6.45) is 3.98. The lowest BCUT2D eigenvalue weighted by Crippen LogP contribution is -2.40. The minimum absolute atomic E-state index is 0.0116. The van der Waals surface area contributed by atoms with Crippen molar-refractivity contribution in [3.8, 4) is 0 Å². The molecule has 0 radical (unpaired) electrons. The molecule has 6 heteroatoms. The van der Waals surface area contributed by atoms with Crippen LogP contribution in [0.1, 0.15) is 52.0 Å². The molecule has 0 atom stereocenters. The number of nitrogens with zero attached hydrogens (tertiary/aromatic N) is 1. The number of hydrogen-bond donors (Lipinski definition) is 1. The van der Waals surface area contributed by atoms with Crippen LogP contribution in [0.25, 0.3) is 0 Å². The molecule has 5 nitrogen and oxygen atoms in total. The van der Waals surface area contributed by atoms with Crippen LogP contribution in [0.3, 0.4) is 0 Å². The summed E-state index contributed by atoms with van der Waals surface area (Å²) in [5.74, 6) is 0.588. The van der Waals surface area contributed by atoms with E-state index in [9.17, 15) is 9.59 Å². The molecule has 33 heavy (non-hydrogen) atoms. The van der Waals surface area contributed by atoms with Crippen LogP contribution in [0.15, 0.2) is 59.1 Å². The van der Waals surface area contributed by atoms with Crippen molar-refractivity contribution in [3.63, 3.8) is 0 Å². The normalized spacial score (nSPS) is 18.4. The van der Waals surface area contributed by atoms with Crippen molar-refractivity contribution in [2.45, 2.75) is 58.5 Å². The van der Waals surface area contributed by atoms with Gasteiger partial charge >= 0.3 is 6.09 Å². The van der Waals surface area contributed by atoms with E-state index in [2.05, 4.69) is 33.4 Å². The van der Waals surface area contributed by atoms with Gasteiger partial charge in [0.25, 0.3) is 0 Å². The van der Waals surface area contributed by atoms with Crippen molar-refractivity contribution in [3.05, 3.63) is 64.6 Å². The number of anilines is 1. The largest absolute Gasteiger partial charge is 0.444 e. The Labute approximate surface area is 206 Å². The molecule has 1 fully saturated rings. The van der Waals surface area contributed by atoms with Crippen molar-refractivity contribution >= 4 is 33.6 Å². The van der Waals surface area contributed by atoms with Crippen molar-refractivity contribution in [2.24, 2.45) is 11.8 Å². The average Bonchev–Trinajstić information content (AvgIpc) is 2.78. The van der Waals surface area contributed by atoms with Gasteiger partial charge in [0.1, 0.15) is 5.60 Å². The van der Waals surface area contributed by atoms with E-state index in [0.717, 1.165) is 42.3 Å². The first-order valence-electron chi connectivity index (χ1n) is 11.8. The van der Waals surface area contributed by atoms with Gasteiger partial charge in [-0.2, -0.15) is 0 Å². The van der Waals surface area contributed by atoms with Crippen LogP contribution in [0.5, 0.6) is 0 Å². The van der Waals surface area contributed by atoms with E-state index in [1.165, 1.54) is 5.56 Å². The Bertz CT molecular complexity index is 918. The highest BCUT2D eigenvalue weighted by Crippen LogP contribution is 2.32. The first-order valence-corrected chi connectivity index (χ1v) is 12.6. The molecular formula is C27H35BrN2O3. The number of hydrogen-bond acceptors (Lipinski definition) is 3. The number of carbonyl (C=O) groups excluding carboxylic acids is 2. The lowest BCUT2D eigenvalue weighted by molar-refractivity contribution is -0.123. The third-order valence-electron chi connectivity index (χ3n) is 5.98. The molecule has 2 aromatic carbocycles. The zero-order chi connectivity index (χ0) is 23.8. The molecule has 1 aliphatic carbocycles. The molecule has 2 amide bonds. The Kier molecular flexibility index (Phi) is 8.95. The average molecular weight is 515 g/mol. The number of benzene rings is 2. The Morgan fingerprint density at radius 2 is 1.73 bits per heavy atom. The van der Waals surface area contributed by atoms with Crippen molar-refractivity contribution in [1.82, 2.24) is 5.32 Å². The monoisotopic (exact) mass is 514 g/mol. The maximum Gasteiger partial charge on any atom is 0.407 e. The Balaban J connectivity index is 1.58. The summed E-state index contributed by atoms with van der Waals surface area (Å²) in [5, 5.41) is 2.88. The fourth-order valence-electron chi connectivity index (χ4n) is 4.27. The molecule has 0 heterocycles. The quantitative estimate of drug-likeness (QED) is 0.467. The Hall–Kier alpha value is -2.34. The van der Waals surface area contributed by atoms with Gasteiger partial charge in [0, 0.05) is 29.2 Å². The molecular weight excluding hydrogens is 480 g/mol. The van der Waals surface area contributed by atoms with E-state index in [4.69, 9.17) is 4.74 Å². The molecule has 3 rings (SSSR count). The Morgan fingerprint density at radius 3 is 2.36 bits per heavy atom. The fraction of sp³-hybridized carbons (Fsp3) is 0.481. The molecule has 0 spiro atoms. The van der Waals surface area contributed by atoms with E-state index in [-0.39, 0.29) is 17.9 Å². The number of amides is 2. The molecule has 1 N–H and O–H groups in total. The minimum atomic E-state index is -0.496. The van der Waals surface area contributed by atoms with Crippen LogP contribution < -0.4 is 10.2 Å². The smallest absolute Gasteiger partial charge is 0.407 e.